The second-order valence-corrected chi connectivity index (χ2v) is 3.65. The van der Waals surface area contributed by atoms with Gasteiger partial charge in [-0.15, -0.1) is 0 Å². The molecule has 1 amide bonds. The van der Waals surface area contributed by atoms with Crippen molar-refractivity contribution in [2.45, 2.75) is 0 Å². The van der Waals surface area contributed by atoms with Gasteiger partial charge in [-0.25, -0.2) is 4.98 Å². The molecular weight excluding hydrogens is 264 g/mol. The van der Waals surface area contributed by atoms with Gasteiger partial charge >= 0.3 is 5.97 Å². The lowest BCUT2D eigenvalue weighted by Crippen LogP contribution is -2.32. The first-order valence-corrected chi connectivity index (χ1v) is 4.89. The third kappa shape index (κ3) is 3.02. The highest BCUT2D eigenvalue weighted by Gasteiger charge is 2.16. The van der Waals surface area contributed by atoms with Crippen LogP contribution in [0.3, 0.4) is 0 Å². The van der Waals surface area contributed by atoms with Gasteiger partial charge in [0.05, 0.1) is 5.56 Å². The Morgan fingerprint density at radius 3 is 2.80 bits per heavy atom. The van der Waals surface area contributed by atoms with E-state index in [2.05, 4.69) is 20.9 Å². The summed E-state index contributed by atoms with van der Waals surface area (Å²) in [5.41, 5.74) is 0.348. The van der Waals surface area contributed by atoms with E-state index in [0.717, 1.165) is 4.90 Å². The summed E-state index contributed by atoms with van der Waals surface area (Å²) >= 11 is 3.13. The maximum Gasteiger partial charge on any atom is 0.323 e. The molecule has 0 saturated carbocycles. The highest BCUT2D eigenvalue weighted by Crippen LogP contribution is 2.14. The lowest BCUT2D eigenvalue weighted by Gasteiger charge is -2.14. The maximum absolute atomic E-state index is 11.7. The van der Waals surface area contributed by atoms with Crippen LogP contribution in [0.15, 0.2) is 22.9 Å². The Labute approximate surface area is 94.9 Å². The first-order chi connectivity index (χ1) is 7.02. The summed E-state index contributed by atoms with van der Waals surface area (Å²) in [5.74, 6) is -1.43. The van der Waals surface area contributed by atoms with Crippen molar-refractivity contribution in [2.24, 2.45) is 0 Å². The number of halogens is 1. The quantitative estimate of drug-likeness (QED) is 0.834. The number of aromatic nitrogens is 1. The third-order valence-electron chi connectivity index (χ3n) is 1.71. The second kappa shape index (κ2) is 4.88. The van der Waals surface area contributed by atoms with Crippen LogP contribution in [0.25, 0.3) is 0 Å². The molecule has 0 aromatic carbocycles. The zero-order valence-electron chi connectivity index (χ0n) is 7.98. The Balaban J connectivity index is 2.85. The minimum atomic E-state index is -1.05. The molecule has 0 bridgehead atoms. The molecule has 1 rings (SSSR count). The number of carboxylic acids is 1. The van der Waals surface area contributed by atoms with Crippen molar-refractivity contribution in [3.63, 3.8) is 0 Å². The lowest BCUT2D eigenvalue weighted by molar-refractivity contribution is -0.137. The normalized spacial score (nSPS) is 9.73. The van der Waals surface area contributed by atoms with Crippen LogP contribution in [0, 0.1) is 0 Å². The molecule has 80 valence electrons. The van der Waals surface area contributed by atoms with Crippen LogP contribution in [-0.2, 0) is 4.79 Å². The molecule has 0 fully saturated rings. The fraction of sp³-hybridized carbons (Fsp3) is 0.222. The molecule has 1 aromatic rings. The summed E-state index contributed by atoms with van der Waals surface area (Å²) in [6.07, 6.45) is 1.54. The van der Waals surface area contributed by atoms with Crippen LogP contribution < -0.4 is 0 Å². The van der Waals surface area contributed by atoms with Crippen LogP contribution in [0.4, 0.5) is 0 Å². The van der Waals surface area contributed by atoms with Gasteiger partial charge in [-0.05, 0) is 28.1 Å². The Hall–Kier alpha value is -1.43. The van der Waals surface area contributed by atoms with Crippen LogP contribution in [0.1, 0.15) is 10.4 Å². The second-order valence-electron chi connectivity index (χ2n) is 2.90. The van der Waals surface area contributed by atoms with E-state index >= 15 is 0 Å². The number of carboxylic acid groups (broad SMARTS) is 1. The molecule has 0 aliphatic rings. The van der Waals surface area contributed by atoms with Crippen molar-refractivity contribution in [3.8, 4) is 0 Å². The van der Waals surface area contributed by atoms with E-state index in [0.29, 0.717) is 10.2 Å². The van der Waals surface area contributed by atoms with E-state index < -0.39 is 5.97 Å². The van der Waals surface area contributed by atoms with Crippen molar-refractivity contribution in [2.75, 3.05) is 13.6 Å². The lowest BCUT2D eigenvalue weighted by atomic mass is 10.2. The van der Waals surface area contributed by atoms with Gasteiger partial charge in [0.1, 0.15) is 11.1 Å². The van der Waals surface area contributed by atoms with Crippen LogP contribution in [0.2, 0.25) is 0 Å². The van der Waals surface area contributed by atoms with E-state index in [4.69, 9.17) is 5.11 Å². The van der Waals surface area contributed by atoms with Gasteiger partial charge < -0.3 is 10.0 Å². The minimum absolute atomic E-state index is 0.333. The monoisotopic (exact) mass is 272 g/mol. The smallest absolute Gasteiger partial charge is 0.323 e. The summed E-state index contributed by atoms with van der Waals surface area (Å²) in [6.45, 7) is -0.333. The topological polar surface area (TPSA) is 70.5 Å². The SMILES string of the molecule is CN(CC(=O)O)C(=O)c1cccnc1Br. The molecule has 1 N–H and O–H groups in total. The average molecular weight is 273 g/mol. The largest absolute Gasteiger partial charge is 0.480 e. The molecule has 0 radical (unpaired) electrons. The van der Waals surface area contributed by atoms with Gasteiger partial charge in [-0.3, -0.25) is 9.59 Å². The van der Waals surface area contributed by atoms with E-state index in [9.17, 15) is 9.59 Å². The number of hydrogen-bond donors (Lipinski definition) is 1. The molecule has 5 nitrogen and oxygen atoms in total. The van der Waals surface area contributed by atoms with E-state index in [-0.39, 0.29) is 12.5 Å². The number of amides is 1. The molecule has 1 aromatic heterocycles. The molecule has 0 aliphatic carbocycles. The zero-order valence-corrected chi connectivity index (χ0v) is 9.56. The Kier molecular flexibility index (Phi) is 3.79. The number of likely N-dealkylation sites (N-methyl/N-ethyl adjacent to an activating group) is 1. The maximum atomic E-state index is 11.7. The Morgan fingerprint density at radius 2 is 2.27 bits per heavy atom. The summed E-state index contributed by atoms with van der Waals surface area (Å²) < 4.78 is 0.409. The minimum Gasteiger partial charge on any atom is -0.480 e. The molecule has 15 heavy (non-hydrogen) atoms. The summed E-state index contributed by atoms with van der Waals surface area (Å²) in [4.78, 5) is 27.1. The highest BCUT2D eigenvalue weighted by atomic mass is 79.9. The summed E-state index contributed by atoms with van der Waals surface area (Å²) in [7, 11) is 1.43. The zero-order chi connectivity index (χ0) is 11.4. The number of aliphatic carboxylic acids is 1. The Bertz CT molecular complexity index is 395. The molecule has 0 saturated heterocycles. The predicted molar refractivity (Wildman–Crippen MR) is 56.5 cm³/mol. The van der Waals surface area contributed by atoms with Gasteiger partial charge in [-0.1, -0.05) is 0 Å². The van der Waals surface area contributed by atoms with Gasteiger partial charge in [0.2, 0.25) is 0 Å². The van der Waals surface area contributed by atoms with Gasteiger partial charge in [0, 0.05) is 13.2 Å². The molecule has 6 heteroatoms. The van der Waals surface area contributed by atoms with Crippen LogP contribution >= 0.6 is 15.9 Å². The van der Waals surface area contributed by atoms with Crippen LogP contribution in [0.5, 0.6) is 0 Å². The van der Waals surface area contributed by atoms with Gasteiger partial charge in [0.25, 0.3) is 5.91 Å². The molecule has 0 aliphatic heterocycles. The number of hydrogen-bond acceptors (Lipinski definition) is 3. The fourth-order valence-corrected chi connectivity index (χ4v) is 1.45. The molecule has 0 spiro atoms. The molecular formula is C9H9BrN2O3. The molecule has 0 unspecified atom stereocenters. The molecule has 1 heterocycles. The summed E-state index contributed by atoms with van der Waals surface area (Å²) in [5, 5.41) is 8.53. The fourth-order valence-electron chi connectivity index (χ4n) is 1.03. The first kappa shape index (κ1) is 11.6. The van der Waals surface area contributed by atoms with Gasteiger partial charge in [-0.2, -0.15) is 0 Å². The van der Waals surface area contributed by atoms with E-state index in [1.807, 2.05) is 0 Å². The third-order valence-corrected chi connectivity index (χ3v) is 2.34. The number of carbonyl (C=O) groups excluding carboxylic acids is 1. The molecule has 0 atom stereocenters. The van der Waals surface area contributed by atoms with Crippen molar-refractivity contribution in [3.05, 3.63) is 28.5 Å². The number of pyridine rings is 1. The van der Waals surface area contributed by atoms with Crippen molar-refractivity contribution in [1.82, 2.24) is 9.88 Å². The number of carbonyl (C=O) groups is 2. The first-order valence-electron chi connectivity index (χ1n) is 4.10. The Morgan fingerprint density at radius 1 is 1.60 bits per heavy atom. The summed E-state index contributed by atoms with van der Waals surface area (Å²) in [6, 6.07) is 3.20. The predicted octanol–water partition coefficient (Wildman–Crippen LogP) is 1.00. The number of nitrogens with zero attached hydrogens (tertiary/aromatic N) is 2. The standard InChI is InChI=1S/C9H9BrN2O3/c1-12(5-7(13)14)9(15)6-3-2-4-11-8(6)10/h2-4H,5H2,1H3,(H,13,14). The average Bonchev–Trinajstić information content (AvgIpc) is 2.16. The van der Waals surface area contributed by atoms with E-state index in [1.165, 1.54) is 13.2 Å². The van der Waals surface area contributed by atoms with Crippen molar-refractivity contribution in [1.29, 1.82) is 0 Å². The van der Waals surface area contributed by atoms with E-state index in [1.54, 1.807) is 12.1 Å². The van der Waals surface area contributed by atoms with Gasteiger partial charge in [0.15, 0.2) is 0 Å². The number of rotatable bonds is 3. The van der Waals surface area contributed by atoms with Crippen molar-refractivity contribution >= 4 is 27.8 Å². The highest BCUT2D eigenvalue weighted by molar-refractivity contribution is 9.10. The van der Waals surface area contributed by atoms with Crippen LogP contribution in [-0.4, -0.2) is 40.5 Å². The van der Waals surface area contributed by atoms with Crippen molar-refractivity contribution < 1.29 is 14.7 Å².